The van der Waals surface area contributed by atoms with Crippen molar-refractivity contribution in [2.24, 2.45) is 0 Å². The summed E-state index contributed by atoms with van der Waals surface area (Å²) in [6, 6.07) is 8.12. The Bertz CT molecular complexity index is 671. The Morgan fingerprint density at radius 1 is 1.35 bits per heavy atom. The molecule has 2 aliphatic heterocycles. The third kappa shape index (κ3) is 1.63. The Morgan fingerprint density at radius 3 is 3.06 bits per heavy atom. The average Bonchev–Trinajstić information content (AvgIpc) is 2.61. The van der Waals surface area contributed by atoms with Crippen LogP contribution in [0, 0.1) is 6.92 Å². The number of benzene rings is 1. The molecule has 0 unspecified atom stereocenters. The summed E-state index contributed by atoms with van der Waals surface area (Å²) in [5, 5.41) is 3.01. The van der Waals surface area contributed by atoms with Gasteiger partial charge in [0.2, 0.25) is 0 Å². The monoisotopic (exact) mass is 225 g/mol. The zero-order valence-electron chi connectivity index (χ0n) is 9.34. The first kappa shape index (κ1) is 9.84. The Morgan fingerprint density at radius 2 is 2.24 bits per heavy atom. The van der Waals surface area contributed by atoms with Crippen LogP contribution in [0.25, 0.3) is 17.3 Å². The molecule has 4 rings (SSSR count). The fourth-order valence-electron chi connectivity index (χ4n) is 1.91. The van der Waals surface area contributed by atoms with Gasteiger partial charge in [0.05, 0.1) is 0 Å². The van der Waals surface area contributed by atoms with Gasteiger partial charge in [-0.1, -0.05) is 29.8 Å². The van der Waals surface area contributed by atoms with E-state index in [1.807, 2.05) is 25.1 Å². The molecule has 1 N–H and O–H groups in total. The van der Waals surface area contributed by atoms with Crippen molar-refractivity contribution in [2.75, 3.05) is 5.32 Å². The first-order chi connectivity index (χ1) is 8.24. The number of hydrogen-bond acceptors (Lipinski definition) is 3. The molecule has 1 aromatic heterocycles. The molecule has 0 spiro atoms. The van der Waals surface area contributed by atoms with Gasteiger partial charge in [0, 0.05) is 24.2 Å². The maximum atomic E-state index is 11.5. The van der Waals surface area contributed by atoms with Gasteiger partial charge in [0.1, 0.15) is 5.82 Å². The number of aromatic nitrogens is 2. The van der Waals surface area contributed by atoms with Crippen LogP contribution in [0.1, 0.15) is 5.56 Å². The predicted octanol–water partition coefficient (Wildman–Crippen LogP) is 2.07. The highest BCUT2D eigenvalue weighted by Crippen LogP contribution is 2.26. The number of fused-ring (bicyclic) bond motifs is 3. The molecule has 0 fully saturated rings. The molecule has 84 valence electrons. The maximum absolute atomic E-state index is 11.5. The molecule has 4 nitrogen and oxygen atoms in total. The van der Waals surface area contributed by atoms with E-state index in [4.69, 9.17) is 0 Å². The fourth-order valence-corrected chi connectivity index (χ4v) is 1.91. The summed E-state index contributed by atoms with van der Waals surface area (Å²) < 4.78 is 1.47. The summed E-state index contributed by atoms with van der Waals surface area (Å²) >= 11 is 0. The lowest BCUT2D eigenvalue weighted by molar-refractivity contribution is 0.980. The fraction of sp³-hybridized carbons (Fsp3) is 0.0769. The van der Waals surface area contributed by atoms with Gasteiger partial charge < -0.3 is 5.32 Å². The van der Waals surface area contributed by atoms with Crippen LogP contribution in [0.2, 0.25) is 0 Å². The van der Waals surface area contributed by atoms with Gasteiger partial charge in [-0.25, -0.2) is 4.79 Å². The summed E-state index contributed by atoms with van der Waals surface area (Å²) in [4.78, 5) is 15.5. The molecule has 0 atom stereocenters. The third-order valence-electron chi connectivity index (χ3n) is 2.74. The summed E-state index contributed by atoms with van der Waals surface area (Å²) in [7, 11) is 0. The average molecular weight is 225 g/mol. The molecule has 0 radical (unpaired) electrons. The normalized spacial score (nSPS) is 12.3. The predicted molar refractivity (Wildman–Crippen MR) is 67.6 cm³/mol. The summed E-state index contributed by atoms with van der Waals surface area (Å²) in [6.45, 7) is 2.04. The Balaban J connectivity index is 2.25. The molecule has 0 aliphatic carbocycles. The molecule has 17 heavy (non-hydrogen) atoms. The molecular formula is C13H11N3O. The number of aryl methyl sites for hydroxylation is 1. The van der Waals surface area contributed by atoms with E-state index < -0.39 is 0 Å². The van der Waals surface area contributed by atoms with E-state index in [0.717, 1.165) is 11.1 Å². The van der Waals surface area contributed by atoms with Gasteiger partial charge in [-0.05, 0) is 12.5 Å². The van der Waals surface area contributed by atoms with Gasteiger partial charge >= 0.3 is 5.69 Å². The van der Waals surface area contributed by atoms with Gasteiger partial charge in [-0.15, -0.1) is 0 Å². The Kier molecular flexibility index (Phi) is 2.08. The highest BCUT2D eigenvalue weighted by Gasteiger charge is 2.11. The quantitative estimate of drug-likeness (QED) is 0.808. The molecule has 1 aromatic carbocycles. The summed E-state index contributed by atoms with van der Waals surface area (Å²) in [5.74, 6) is 0.602. The molecule has 3 heterocycles. The zero-order chi connectivity index (χ0) is 11.8. The van der Waals surface area contributed by atoms with Crippen LogP contribution in [-0.4, -0.2) is 9.55 Å². The van der Waals surface area contributed by atoms with Crippen molar-refractivity contribution in [1.82, 2.24) is 9.55 Å². The first-order valence-corrected chi connectivity index (χ1v) is 5.37. The highest BCUT2D eigenvalue weighted by molar-refractivity contribution is 5.76. The second-order valence-electron chi connectivity index (χ2n) is 4.02. The Hall–Kier alpha value is -2.36. The minimum absolute atomic E-state index is 0.266. The van der Waals surface area contributed by atoms with Crippen molar-refractivity contribution in [3.05, 3.63) is 52.7 Å². The lowest BCUT2D eigenvalue weighted by Crippen LogP contribution is -2.17. The van der Waals surface area contributed by atoms with E-state index in [0.29, 0.717) is 5.82 Å². The third-order valence-corrected chi connectivity index (χ3v) is 2.74. The molecule has 2 bridgehead atoms. The van der Waals surface area contributed by atoms with Crippen LogP contribution in [0.5, 0.6) is 0 Å². The zero-order valence-corrected chi connectivity index (χ0v) is 9.34. The van der Waals surface area contributed by atoms with Crippen LogP contribution in [-0.2, 0) is 0 Å². The largest absolute Gasteiger partial charge is 0.353 e. The standard InChI is InChI=1S/C13H11N3O/c1-9-3-2-4-10(7-9)11-8-16-6-5-14-12(11)15-13(16)17/h2-8H,1H3,(H,14,15,17). The van der Waals surface area contributed by atoms with E-state index in [1.165, 1.54) is 10.1 Å². The van der Waals surface area contributed by atoms with Crippen molar-refractivity contribution in [3.8, 4) is 11.1 Å². The van der Waals surface area contributed by atoms with Crippen LogP contribution in [0.3, 0.4) is 0 Å². The van der Waals surface area contributed by atoms with E-state index in [-0.39, 0.29) is 5.69 Å². The van der Waals surface area contributed by atoms with Crippen molar-refractivity contribution in [2.45, 2.75) is 6.92 Å². The summed E-state index contributed by atoms with van der Waals surface area (Å²) in [5.41, 5.74) is 2.90. The second-order valence-corrected chi connectivity index (χ2v) is 4.02. The van der Waals surface area contributed by atoms with Crippen molar-refractivity contribution >= 4 is 12.0 Å². The molecule has 0 saturated heterocycles. The van der Waals surface area contributed by atoms with Crippen LogP contribution in [0.15, 0.2) is 41.5 Å². The molecule has 2 aliphatic rings. The van der Waals surface area contributed by atoms with E-state index in [2.05, 4.69) is 16.4 Å². The maximum Gasteiger partial charge on any atom is 0.353 e. The topological polar surface area (TPSA) is 46.9 Å². The minimum Gasteiger partial charge on any atom is -0.344 e. The van der Waals surface area contributed by atoms with Gasteiger partial charge in [0.15, 0.2) is 0 Å². The van der Waals surface area contributed by atoms with E-state index in [1.54, 1.807) is 18.6 Å². The first-order valence-electron chi connectivity index (χ1n) is 5.37. The summed E-state index contributed by atoms with van der Waals surface area (Å²) in [6.07, 6.45) is 5.18. The van der Waals surface area contributed by atoms with Crippen molar-refractivity contribution < 1.29 is 0 Å². The minimum atomic E-state index is -0.266. The lowest BCUT2D eigenvalue weighted by Gasteiger charge is -2.07. The highest BCUT2D eigenvalue weighted by atomic mass is 16.1. The van der Waals surface area contributed by atoms with E-state index >= 15 is 0 Å². The van der Waals surface area contributed by atoms with Crippen molar-refractivity contribution in [3.63, 3.8) is 0 Å². The van der Waals surface area contributed by atoms with Crippen LogP contribution < -0.4 is 11.0 Å². The van der Waals surface area contributed by atoms with Gasteiger partial charge in [-0.3, -0.25) is 4.57 Å². The van der Waals surface area contributed by atoms with Crippen molar-refractivity contribution in [1.29, 1.82) is 0 Å². The van der Waals surface area contributed by atoms with E-state index in [9.17, 15) is 4.79 Å². The number of anilines is 1. The number of nitrogens with one attached hydrogen (secondary N) is 1. The number of rotatable bonds is 1. The smallest absolute Gasteiger partial charge is 0.344 e. The lowest BCUT2D eigenvalue weighted by atomic mass is 10.1. The molecule has 2 aromatic rings. The van der Waals surface area contributed by atoms with Crippen LogP contribution in [0.4, 0.5) is 5.82 Å². The molecule has 4 heteroatoms. The van der Waals surface area contributed by atoms with Gasteiger partial charge in [0.25, 0.3) is 0 Å². The molecule has 0 saturated carbocycles. The van der Waals surface area contributed by atoms with Gasteiger partial charge in [-0.2, -0.15) is 4.98 Å². The SMILES string of the molecule is Cc1cccc(-c2cn3c(=O)nc2NC=C3)c1. The Labute approximate surface area is 98.2 Å². The van der Waals surface area contributed by atoms with Crippen LogP contribution >= 0.6 is 0 Å². The number of nitrogens with zero attached hydrogens (tertiary/aromatic N) is 2. The molecular weight excluding hydrogens is 214 g/mol. The molecule has 0 amide bonds. The second kappa shape index (κ2) is 3.59. The number of hydrogen-bond donors (Lipinski definition) is 1.